The molecule has 0 spiro atoms. The molecule has 0 aliphatic carbocycles. The molecule has 1 amide bonds. The maximum atomic E-state index is 12.7. The summed E-state index contributed by atoms with van der Waals surface area (Å²) in [5, 5.41) is 4.52. The van der Waals surface area contributed by atoms with E-state index < -0.39 is 0 Å². The Bertz CT molecular complexity index is 659. The third kappa shape index (κ3) is 3.41. The molecule has 1 aliphatic heterocycles. The van der Waals surface area contributed by atoms with Gasteiger partial charge in [-0.1, -0.05) is 41.4 Å². The minimum absolute atomic E-state index is 0. The Morgan fingerprint density at radius 3 is 2.73 bits per heavy atom. The lowest BCUT2D eigenvalue weighted by molar-refractivity contribution is 0.0629. The third-order valence-corrected chi connectivity index (χ3v) is 4.21. The van der Waals surface area contributed by atoms with E-state index in [1.54, 1.807) is 12.3 Å². The van der Waals surface area contributed by atoms with Crippen LogP contribution in [0.1, 0.15) is 22.1 Å². The topological polar surface area (TPSA) is 48.1 Å². The fraction of sp³-hybridized carbons (Fsp3) is 0.267. The molecule has 3 rings (SSSR count). The van der Waals surface area contributed by atoms with Crippen molar-refractivity contribution in [2.24, 2.45) is 0 Å². The second kappa shape index (κ2) is 7.38. The molecule has 1 aromatic heterocycles. The molecule has 1 saturated heterocycles. The average Bonchev–Trinajstić information content (AvgIpc) is 2.94. The van der Waals surface area contributed by atoms with Crippen LogP contribution in [0, 0.1) is 0 Å². The predicted molar refractivity (Wildman–Crippen MR) is 91.1 cm³/mol. The van der Waals surface area contributed by atoms with Gasteiger partial charge in [-0.2, -0.15) is 0 Å². The molecular formula is C15H16Cl3N3O. The molecule has 22 heavy (non-hydrogen) atoms. The van der Waals surface area contributed by atoms with Crippen LogP contribution in [0.2, 0.25) is 10.0 Å². The van der Waals surface area contributed by atoms with E-state index >= 15 is 0 Å². The number of nitrogens with one attached hydrogen (secondary N) is 2. The standard InChI is InChI=1S/C15H15Cl2N3O.ClH/c16-10-7-13(19-8-10)15(21)20-6-5-18-9-14(20)11-3-1-2-4-12(11)17;/h1-4,7-8,14,18-19H,5-6,9H2;1H. The Kier molecular flexibility index (Phi) is 5.75. The zero-order chi connectivity index (χ0) is 14.8. The van der Waals surface area contributed by atoms with E-state index in [9.17, 15) is 4.79 Å². The Morgan fingerprint density at radius 2 is 2.05 bits per heavy atom. The maximum absolute atomic E-state index is 12.7. The van der Waals surface area contributed by atoms with Gasteiger partial charge in [0.25, 0.3) is 5.91 Å². The smallest absolute Gasteiger partial charge is 0.270 e. The lowest BCUT2D eigenvalue weighted by atomic mass is 10.0. The first-order valence-corrected chi connectivity index (χ1v) is 7.52. The van der Waals surface area contributed by atoms with Crippen LogP contribution in [-0.4, -0.2) is 35.4 Å². The van der Waals surface area contributed by atoms with Crippen molar-refractivity contribution in [2.45, 2.75) is 6.04 Å². The quantitative estimate of drug-likeness (QED) is 0.860. The summed E-state index contributed by atoms with van der Waals surface area (Å²) < 4.78 is 0. The van der Waals surface area contributed by atoms with Crippen molar-refractivity contribution in [3.8, 4) is 0 Å². The number of hydrogen-bond donors (Lipinski definition) is 2. The summed E-state index contributed by atoms with van der Waals surface area (Å²) >= 11 is 12.2. The molecule has 118 valence electrons. The number of carbonyl (C=O) groups is 1. The second-order valence-corrected chi connectivity index (χ2v) is 5.82. The fourth-order valence-corrected chi connectivity index (χ4v) is 3.04. The molecule has 1 aromatic carbocycles. The average molecular weight is 361 g/mol. The molecule has 1 atom stereocenters. The summed E-state index contributed by atoms with van der Waals surface area (Å²) in [5.41, 5.74) is 1.45. The first kappa shape index (κ1) is 17.2. The summed E-state index contributed by atoms with van der Waals surface area (Å²) in [6.45, 7) is 2.08. The van der Waals surface area contributed by atoms with Crippen molar-refractivity contribution in [2.75, 3.05) is 19.6 Å². The lowest BCUT2D eigenvalue weighted by Crippen LogP contribution is -2.48. The number of H-pyrrole nitrogens is 1. The summed E-state index contributed by atoms with van der Waals surface area (Å²) in [4.78, 5) is 17.4. The number of aromatic amines is 1. The van der Waals surface area contributed by atoms with Crippen LogP contribution in [0.15, 0.2) is 36.5 Å². The number of benzene rings is 1. The van der Waals surface area contributed by atoms with E-state index in [0.29, 0.717) is 28.8 Å². The van der Waals surface area contributed by atoms with Crippen LogP contribution in [-0.2, 0) is 0 Å². The van der Waals surface area contributed by atoms with Crippen molar-refractivity contribution < 1.29 is 4.79 Å². The zero-order valence-corrected chi connectivity index (χ0v) is 14.0. The molecular weight excluding hydrogens is 345 g/mol. The fourth-order valence-electron chi connectivity index (χ4n) is 2.62. The summed E-state index contributed by atoms with van der Waals surface area (Å²) in [6, 6.07) is 9.20. The Morgan fingerprint density at radius 1 is 1.27 bits per heavy atom. The van der Waals surface area contributed by atoms with Crippen molar-refractivity contribution in [1.82, 2.24) is 15.2 Å². The summed E-state index contributed by atoms with van der Waals surface area (Å²) in [6.07, 6.45) is 1.61. The van der Waals surface area contributed by atoms with E-state index in [4.69, 9.17) is 23.2 Å². The molecule has 2 aromatic rings. The maximum Gasteiger partial charge on any atom is 0.270 e. The first-order valence-electron chi connectivity index (χ1n) is 6.77. The van der Waals surface area contributed by atoms with Gasteiger partial charge in [0, 0.05) is 30.9 Å². The van der Waals surface area contributed by atoms with Gasteiger partial charge in [-0.05, 0) is 17.7 Å². The number of hydrogen-bond acceptors (Lipinski definition) is 2. The largest absolute Gasteiger partial charge is 0.356 e. The highest BCUT2D eigenvalue weighted by Gasteiger charge is 2.30. The number of nitrogens with zero attached hydrogens (tertiary/aromatic N) is 1. The van der Waals surface area contributed by atoms with Crippen LogP contribution in [0.4, 0.5) is 0 Å². The van der Waals surface area contributed by atoms with Crippen molar-refractivity contribution >= 4 is 41.5 Å². The van der Waals surface area contributed by atoms with Gasteiger partial charge < -0.3 is 15.2 Å². The van der Waals surface area contributed by atoms with Gasteiger partial charge in [-0.3, -0.25) is 4.79 Å². The molecule has 0 saturated carbocycles. The molecule has 1 unspecified atom stereocenters. The highest BCUT2D eigenvalue weighted by molar-refractivity contribution is 6.31. The van der Waals surface area contributed by atoms with Crippen molar-refractivity contribution in [1.29, 1.82) is 0 Å². The molecule has 0 bridgehead atoms. The zero-order valence-electron chi connectivity index (χ0n) is 11.7. The number of halogens is 3. The molecule has 1 aliphatic rings. The van der Waals surface area contributed by atoms with E-state index in [0.717, 1.165) is 12.1 Å². The van der Waals surface area contributed by atoms with Gasteiger partial charge in [0.2, 0.25) is 0 Å². The van der Waals surface area contributed by atoms with Gasteiger partial charge in [0.15, 0.2) is 0 Å². The van der Waals surface area contributed by atoms with Crippen molar-refractivity contribution in [3.63, 3.8) is 0 Å². The van der Waals surface area contributed by atoms with E-state index in [1.807, 2.05) is 29.2 Å². The van der Waals surface area contributed by atoms with Crippen LogP contribution < -0.4 is 5.32 Å². The summed E-state index contributed by atoms with van der Waals surface area (Å²) in [5.74, 6) is -0.0617. The SMILES string of the molecule is Cl.O=C(c1cc(Cl)c[nH]1)N1CCNCC1c1ccccc1Cl. The number of amides is 1. The van der Waals surface area contributed by atoms with Crippen LogP contribution in [0.25, 0.3) is 0 Å². The number of aromatic nitrogens is 1. The van der Waals surface area contributed by atoms with E-state index in [2.05, 4.69) is 10.3 Å². The number of piperazine rings is 1. The minimum atomic E-state index is -0.0815. The van der Waals surface area contributed by atoms with Crippen LogP contribution in [0.3, 0.4) is 0 Å². The van der Waals surface area contributed by atoms with Gasteiger partial charge >= 0.3 is 0 Å². The lowest BCUT2D eigenvalue weighted by Gasteiger charge is -2.36. The van der Waals surface area contributed by atoms with Gasteiger partial charge in [0.05, 0.1) is 11.1 Å². The third-order valence-electron chi connectivity index (χ3n) is 3.65. The summed E-state index contributed by atoms with van der Waals surface area (Å²) in [7, 11) is 0. The normalized spacial score (nSPS) is 17.9. The minimum Gasteiger partial charge on any atom is -0.356 e. The molecule has 0 radical (unpaired) electrons. The Hall–Kier alpha value is -1.20. The van der Waals surface area contributed by atoms with Crippen molar-refractivity contribution in [3.05, 3.63) is 57.8 Å². The van der Waals surface area contributed by atoms with Crippen LogP contribution >= 0.6 is 35.6 Å². The van der Waals surface area contributed by atoms with Gasteiger partial charge in [-0.25, -0.2) is 0 Å². The predicted octanol–water partition coefficient (Wildman–Crippen LogP) is 3.53. The van der Waals surface area contributed by atoms with Gasteiger partial charge in [-0.15, -0.1) is 12.4 Å². The highest BCUT2D eigenvalue weighted by atomic mass is 35.5. The number of carbonyl (C=O) groups excluding carboxylic acids is 1. The Labute approximate surface area is 145 Å². The molecule has 4 nitrogen and oxygen atoms in total. The van der Waals surface area contributed by atoms with E-state index in [1.165, 1.54) is 0 Å². The van der Waals surface area contributed by atoms with Crippen LogP contribution in [0.5, 0.6) is 0 Å². The first-order chi connectivity index (χ1) is 10.2. The molecule has 2 N–H and O–H groups in total. The molecule has 1 fully saturated rings. The number of rotatable bonds is 2. The van der Waals surface area contributed by atoms with E-state index in [-0.39, 0.29) is 24.4 Å². The molecule has 2 heterocycles. The Balaban J connectivity index is 0.00000176. The van der Waals surface area contributed by atoms with Gasteiger partial charge in [0.1, 0.15) is 5.69 Å². The molecule has 7 heteroatoms. The monoisotopic (exact) mass is 359 g/mol. The highest BCUT2D eigenvalue weighted by Crippen LogP contribution is 2.29. The second-order valence-electron chi connectivity index (χ2n) is 4.97.